The zero-order valence-electron chi connectivity index (χ0n) is 29.9. The Hall–Kier alpha value is -7.23. The van der Waals surface area contributed by atoms with Gasteiger partial charge in [0.1, 0.15) is 0 Å². The molecule has 0 atom stereocenters. The van der Waals surface area contributed by atoms with Crippen LogP contribution in [0.15, 0.2) is 200 Å². The van der Waals surface area contributed by atoms with E-state index < -0.39 is 5.41 Å². The Bertz CT molecular complexity index is 2890. The van der Waals surface area contributed by atoms with Crippen LogP contribution in [0.4, 0.5) is 0 Å². The quantitative estimate of drug-likeness (QED) is 0.184. The fourth-order valence-corrected chi connectivity index (χ4v) is 9.01. The van der Waals surface area contributed by atoms with Gasteiger partial charge in [-0.15, -0.1) is 0 Å². The Kier molecular flexibility index (Phi) is 7.08. The van der Waals surface area contributed by atoms with Gasteiger partial charge in [-0.05, 0) is 78.9 Å². The predicted molar refractivity (Wildman–Crippen MR) is 223 cm³/mol. The highest BCUT2D eigenvalue weighted by Gasteiger charge is 2.49. The van der Waals surface area contributed by atoms with E-state index in [4.69, 9.17) is 15.0 Å². The molecule has 0 radical (unpaired) electrons. The fourth-order valence-electron chi connectivity index (χ4n) is 9.01. The van der Waals surface area contributed by atoms with E-state index in [1.165, 1.54) is 55.6 Å². The summed E-state index contributed by atoms with van der Waals surface area (Å²) in [6, 6.07) is 71.7. The maximum atomic E-state index is 5.28. The van der Waals surface area contributed by atoms with E-state index in [2.05, 4.69) is 176 Å². The molecule has 0 saturated carbocycles. The lowest BCUT2D eigenvalue weighted by Gasteiger charge is -2.35. The summed E-state index contributed by atoms with van der Waals surface area (Å²) in [5.41, 5.74) is 17.0. The SMILES string of the molecule is c1ccc(-c2cccc(-c3nc(-c4ccccc4)nc(-c4ccc5c(c4)C4(c6ccccc6-c6ccccc6-5)c5ccccc5-c5ccccc54)n3)c2)cc1. The summed E-state index contributed by atoms with van der Waals surface area (Å²) in [5.74, 6) is 1.92. The topological polar surface area (TPSA) is 38.7 Å². The summed E-state index contributed by atoms with van der Waals surface area (Å²) in [6.07, 6.45) is 0. The molecule has 3 nitrogen and oxygen atoms in total. The molecule has 1 spiro atoms. The third-order valence-corrected chi connectivity index (χ3v) is 11.4. The molecule has 0 N–H and O–H groups in total. The third kappa shape index (κ3) is 4.80. The Labute approximate surface area is 320 Å². The van der Waals surface area contributed by atoms with E-state index in [1.807, 2.05) is 24.3 Å². The minimum Gasteiger partial charge on any atom is -0.208 e. The van der Waals surface area contributed by atoms with Gasteiger partial charge in [-0.2, -0.15) is 0 Å². The van der Waals surface area contributed by atoms with Gasteiger partial charge in [0.15, 0.2) is 17.5 Å². The largest absolute Gasteiger partial charge is 0.208 e. The Morgan fingerprint density at radius 1 is 0.236 bits per heavy atom. The molecular weight excluding hydrogens is 667 g/mol. The van der Waals surface area contributed by atoms with Crippen molar-refractivity contribution < 1.29 is 0 Å². The zero-order valence-corrected chi connectivity index (χ0v) is 29.9. The zero-order chi connectivity index (χ0) is 36.3. The molecule has 2 aliphatic rings. The van der Waals surface area contributed by atoms with Crippen molar-refractivity contribution in [3.8, 4) is 78.7 Å². The smallest absolute Gasteiger partial charge is 0.164 e. The molecule has 0 fully saturated rings. The highest BCUT2D eigenvalue weighted by Crippen LogP contribution is 2.61. The first-order valence-corrected chi connectivity index (χ1v) is 18.8. The molecule has 3 heteroatoms. The first-order chi connectivity index (χ1) is 27.3. The van der Waals surface area contributed by atoms with Crippen LogP contribution in [0.2, 0.25) is 0 Å². The lowest BCUT2D eigenvalue weighted by Crippen LogP contribution is -2.29. The lowest BCUT2D eigenvalue weighted by atomic mass is 9.65. The number of rotatable bonds is 4. The maximum Gasteiger partial charge on any atom is 0.164 e. The Morgan fingerprint density at radius 3 is 1.18 bits per heavy atom. The van der Waals surface area contributed by atoms with Crippen molar-refractivity contribution in [3.63, 3.8) is 0 Å². The molecule has 256 valence electrons. The predicted octanol–water partition coefficient (Wildman–Crippen LogP) is 12.6. The average molecular weight is 700 g/mol. The highest BCUT2D eigenvalue weighted by molar-refractivity contribution is 5.97. The van der Waals surface area contributed by atoms with E-state index in [9.17, 15) is 0 Å². The Balaban J connectivity index is 1.20. The van der Waals surface area contributed by atoms with Crippen molar-refractivity contribution in [1.82, 2.24) is 15.0 Å². The van der Waals surface area contributed by atoms with Crippen molar-refractivity contribution in [2.75, 3.05) is 0 Å². The summed E-state index contributed by atoms with van der Waals surface area (Å²) in [4.78, 5) is 15.6. The van der Waals surface area contributed by atoms with E-state index in [-0.39, 0.29) is 0 Å². The molecule has 11 rings (SSSR count). The fraction of sp³-hybridized carbons (Fsp3) is 0.0192. The Morgan fingerprint density at radius 2 is 0.618 bits per heavy atom. The number of benzene rings is 8. The summed E-state index contributed by atoms with van der Waals surface area (Å²) < 4.78 is 0. The van der Waals surface area contributed by atoms with E-state index in [1.54, 1.807) is 0 Å². The van der Waals surface area contributed by atoms with Crippen molar-refractivity contribution >= 4 is 0 Å². The molecule has 55 heavy (non-hydrogen) atoms. The summed E-state index contributed by atoms with van der Waals surface area (Å²) in [5, 5.41) is 0. The van der Waals surface area contributed by atoms with Crippen molar-refractivity contribution in [3.05, 3.63) is 222 Å². The van der Waals surface area contributed by atoms with Crippen LogP contribution in [-0.2, 0) is 5.41 Å². The molecule has 0 aliphatic heterocycles. The molecule has 9 aromatic rings. The highest BCUT2D eigenvalue weighted by atomic mass is 15.0. The summed E-state index contributed by atoms with van der Waals surface area (Å²) in [7, 11) is 0. The van der Waals surface area contributed by atoms with Gasteiger partial charge in [0.25, 0.3) is 0 Å². The summed E-state index contributed by atoms with van der Waals surface area (Å²) >= 11 is 0. The number of nitrogens with zero attached hydrogens (tertiary/aromatic N) is 3. The van der Waals surface area contributed by atoms with E-state index in [0.29, 0.717) is 17.5 Å². The number of hydrogen-bond donors (Lipinski definition) is 0. The second kappa shape index (κ2) is 12.4. The van der Waals surface area contributed by atoms with E-state index >= 15 is 0 Å². The second-order valence-electron chi connectivity index (χ2n) is 14.3. The standard InChI is InChI=1S/C52H33N3/c1-3-16-34(17-4-1)36-20-15-21-37(32-36)50-53-49(35-18-5-2-6-19-35)54-51(55-50)38-30-31-44-40-23-8-7-22-39(40)41-24-9-12-27-45(41)52(48(44)33-38)46-28-13-10-25-42(46)43-26-11-14-29-47(43)52/h1-33H. The minimum absolute atomic E-state index is 0.587. The van der Waals surface area contributed by atoms with Gasteiger partial charge in [0.2, 0.25) is 0 Å². The number of aromatic nitrogens is 3. The molecule has 1 aromatic heterocycles. The van der Waals surface area contributed by atoms with E-state index in [0.717, 1.165) is 27.8 Å². The molecule has 2 aliphatic carbocycles. The molecule has 0 unspecified atom stereocenters. The van der Waals surface area contributed by atoms with Crippen molar-refractivity contribution in [2.45, 2.75) is 5.41 Å². The summed E-state index contributed by atoms with van der Waals surface area (Å²) in [6.45, 7) is 0. The van der Waals surface area contributed by atoms with Crippen LogP contribution >= 0.6 is 0 Å². The van der Waals surface area contributed by atoms with Gasteiger partial charge >= 0.3 is 0 Å². The van der Waals surface area contributed by atoms with Gasteiger partial charge in [-0.3, -0.25) is 0 Å². The molecule has 0 amide bonds. The first-order valence-electron chi connectivity index (χ1n) is 18.8. The van der Waals surface area contributed by atoms with Gasteiger partial charge in [-0.1, -0.05) is 188 Å². The normalized spacial score (nSPS) is 12.9. The number of fused-ring (bicyclic) bond motifs is 12. The first kappa shape index (κ1) is 31.3. The van der Waals surface area contributed by atoms with Crippen LogP contribution in [0.5, 0.6) is 0 Å². The van der Waals surface area contributed by atoms with Gasteiger partial charge in [-0.25, -0.2) is 15.0 Å². The minimum atomic E-state index is -0.587. The lowest BCUT2D eigenvalue weighted by molar-refractivity contribution is 0.775. The average Bonchev–Trinajstić information content (AvgIpc) is 3.52. The molecule has 1 heterocycles. The van der Waals surface area contributed by atoms with Crippen LogP contribution in [-0.4, -0.2) is 15.0 Å². The monoisotopic (exact) mass is 699 g/mol. The van der Waals surface area contributed by atoms with Crippen molar-refractivity contribution in [1.29, 1.82) is 0 Å². The number of hydrogen-bond acceptors (Lipinski definition) is 3. The van der Waals surface area contributed by atoms with Crippen LogP contribution in [0.3, 0.4) is 0 Å². The molecule has 0 bridgehead atoms. The van der Waals surface area contributed by atoms with Crippen LogP contribution in [0.25, 0.3) is 78.7 Å². The molecule has 8 aromatic carbocycles. The van der Waals surface area contributed by atoms with Gasteiger partial charge in [0.05, 0.1) is 5.41 Å². The molecule has 0 saturated heterocycles. The van der Waals surface area contributed by atoms with Crippen LogP contribution in [0, 0.1) is 0 Å². The maximum absolute atomic E-state index is 5.28. The van der Waals surface area contributed by atoms with Gasteiger partial charge < -0.3 is 0 Å². The molecular formula is C52H33N3. The van der Waals surface area contributed by atoms with Crippen LogP contribution in [0.1, 0.15) is 22.3 Å². The van der Waals surface area contributed by atoms with Crippen LogP contribution < -0.4 is 0 Å². The second-order valence-corrected chi connectivity index (χ2v) is 14.3. The van der Waals surface area contributed by atoms with Gasteiger partial charge in [0, 0.05) is 16.7 Å². The third-order valence-electron chi connectivity index (χ3n) is 11.4. The van der Waals surface area contributed by atoms with Crippen molar-refractivity contribution in [2.24, 2.45) is 0 Å².